The zero-order chi connectivity index (χ0) is 14.8. The van der Waals surface area contributed by atoms with Gasteiger partial charge in [0.15, 0.2) is 5.13 Å². The molecule has 0 unspecified atom stereocenters. The number of carbonyl (C=O) groups excluding carboxylic acids is 1. The van der Waals surface area contributed by atoms with E-state index in [4.69, 9.17) is 0 Å². The first-order chi connectivity index (χ1) is 10.1. The summed E-state index contributed by atoms with van der Waals surface area (Å²) in [6, 6.07) is 7.94. The van der Waals surface area contributed by atoms with Crippen LogP contribution in [0.15, 0.2) is 24.3 Å². The van der Waals surface area contributed by atoms with Crippen molar-refractivity contribution in [2.45, 2.75) is 20.3 Å². The molecule has 2 heterocycles. The van der Waals surface area contributed by atoms with Crippen molar-refractivity contribution in [2.24, 2.45) is 11.8 Å². The molecule has 1 N–H and O–H groups in total. The Morgan fingerprint density at radius 3 is 2.76 bits per heavy atom. The van der Waals surface area contributed by atoms with E-state index < -0.39 is 0 Å². The standard InChI is InChI=1S/C16H21N3OS/c1-11-7-12(2)9-19(8-11)10-15(20)18-16-17-13-5-3-4-6-14(13)21-16/h3-6,11-12H,7-10H2,1-2H3,(H,17,18,20)/t11-,12-/m0/s1. The average Bonchev–Trinajstić information content (AvgIpc) is 2.78. The molecule has 1 aliphatic heterocycles. The van der Waals surface area contributed by atoms with Gasteiger partial charge in [0.2, 0.25) is 5.91 Å². The van der Waals surface area contributed by atoms with Crippen LogP contribution < -0.4 is 5.32 Å². The molecule has 21 heavy (non-hydrogen) atoms. The summed E-state index contributed by atoms with van der Waals surface area (Å²) in [6.07, 6.45) is 1.26. The van der Waals surface area contributed by atoms with Crippen molar-refractivity contribution >= 4 is 32.6 Å². The van der Waals surface area contributed by atoms with Gasteiger partial charge in [-0.2, -0.15) is 0 Å². The van der Waals surface area contributed by atoms with E-state index in [0.717, 1.165) is 23.3 Å². The normalized spacial score (nSPS) is 23.3. The van der Waals surface area contributed by atoms with Crippen molar-refractivity contribution in [1.82, 2.24) is 9.88 Å². The molecule has 1 amide bonds. The van der Waals surface area contributed by atoms with Gasteiger partial charge in [-0.15, -0.1) is 0 Å². The third kappa shape index (κ3) is 3.60. The molecule has 1 fully saturated rings. The maximum absolute atomic E-state index is 12.2. The van der Waals surface area contributed by atoms with E-state index in [1.54, 1.807) is 0 Å². The molecule has 5 heteroatoms. The predicted molar refractivity (Wildman–Crippen MR) is 87.6 cm³/mol. The SMILES string of the molecule is C[C@H]1C[C@H](C)CN(CC(=O)Nc2nc3ccccc3s2)C1. The number of nitrogens with zero attached hydrogens (tertiary/aromatic N) is 2. The summed E-state index contributed by atoms with van der Waals surface area (Å²) in [5.74, 6) is 1.38. The molecule has 1 saturated heterocycles. The molecular weight excluding hydrogens is 282 g/mol. The number of nitrogens with one attached hydrogen (secondary N) is 1. The smallest absolute Gasteiger partial charge is 0.240 e. The van der Waals surface area contributed by atoms with Crippen molar-refractivity contribution < 1.29 is 4.79 Å². The highest BCUT2D eigenvalue weighted by Gasteiger charge is 2.23. The van der Waals surface area contributed by atoms with Gasteiger partial charge in [-0.05, 0) is 30.4 Å². The van der Waals surface area contributed by atoms with E-state index in [2.05, 4.69) is 29.0 Å². The lowest BCUT2D eigenvalue weighted by Gasteiger charge is -2.34. The quantitative estimate of drug-likeness (QED) is 0.947. The zero-order valence-corrected chi connectivity index (χ0v) is 13.3. The van der Waals surface area contributed by atoms with Gasteiger partial charge in [0.25, 0.3) is 0 Å². The summed E-state index contributed by atoms with van der Waals surface area (Å²) < 4.78 is 1.10. The summed E-state index contributed by atoms with van der Waals surface area (Å²) in [5.41, 5.74) is 0.943. The van der Waals surface area contributed by atoms with Crippen molar-refractivity contribution in [3.05, 3.63) is 24.3 Å². The maximum Gasteiger partial charge on any atom is 0.240 e. The number of benzene rings is 1. The second-order valence-electron chi connectivity index (χ2n) is 6.18. The van der Waals surface area contributed by atoms with E-state index in [1.807, 2.05) is 24.3 Å². The van der Waals surface area contributed by atoms with E-state index in [9.17, 15) is 4.79 Å². The second-order valence-corrected chi connectivity index (χ2v) is 7.21. The van der Waals surface area contributed by atoms with Crippen LogP contribution in [0.1, 0.15) is 20.3 Å². The molecular formula is C16H21N3OS. The number of amides is 1. The van der Waals surface area contributed by atoms with Gasteiger partial charge < -0.3 is 5.32 Å². The fourth-order valence-corrected chi connectivity index (χ4v) is 4.09. The Balaban J connectivity index is 1.61. The minimum Gasteiger partial charge on any atom is -0.301 e. The Morgan fingerprint density at radius 2 is 2.05 bits per heavy atom. The van der Waals surface area contributed by atoms with Crippen LogP contribution in [0.4, 0.5) is 5.13 Å². The lowest BCUT2D eigenvalue weighted by molar-refractivity contribution is -0.117. The highest BCUT2D eigenvalue weighted by atomic mass is 32.1. The Morgan fingerprint density at radius 1 is 1.33 bits per heavy atom. The van der Waals surface area contributed by atoms with Gasteiger partial charge in [0.1, 0.15) is 0 Å². The van der Waals surface area contributed by atoms with Crippen LogP contribution in [-0.2, 0) is 4.79 Å². The van der Waals surface area contributed by atoms with Crippen molar-refractivity contribution in [1.29, 1.82) is 0 Å². The van der Waals surface area contributed by atoms with Crippen molar-refractivity contribution in [2.75, 3.05) is 25.0 Å². The number of anilines is 1. The number of fused-ring (bicyclic) bond motifs is 1. The Hall–Kier alpha value is -1.46. The van der Waals surface area contributed by atoms with Crippen LogP contribution in [-0.4, -0.2) is 35.4 Å². The molecule has 2 aromatic rings. The third-order valence-corrected chi connectivity index (χ3v) is 4.80. The van der Waals surface area contributed by atoms with Gasteiger partial charge in [-0.25, -0.2) is 4.98 Å². The number of hydrogen-bond donors (Lipinski definition) is 1. The van der Waals surface area contributed by atoms with E-state index in [-0.39, 0.29) is 5.91 Å². The number of carbonyl (C=O) groups is 1. The molecule has 0 bridgehead atoms. The van der Waals surface area contributed by atoms with E-state index in [0.29, 0.717) is 23.5 Å². The van der Waals surface area contributed by atoms with E-state index >= 15 is 0 Å². The Bertz CT molecular complexity index is 596. The van der Waals surface area contributed by atoms with Gasteiger partial charge >= 0.3 is 0 Å². The fourth-order valence-electron chi connectivity index (χ4n) is 3.21. The Labute approximate surface area is 129 Å². The van der Waals surface area contributed by atoms with Crippen LogP contribution in [0.2, 0.25) is 0 Å². The second kappa shape index (κ2) is 6.12. The van der Waals surface area contributed by atoms with E-state index in [1.165, 1.54) is 17.8 Å². The first kappa shape index (κ1) is 14.5. The fraction of sp³-hybridized carbons (Fsp3) is 0.500. The molecule has 0 aliphatic carbocycles. The van der Waals surface area contributed by atoms with Crippen LogP contribution in [0.5, 0.6) is 0 Å². The van der Waals surface area contributed by atoms with Crippen LogP contribution in [0, 0.1) is 11.8 Å². The Kier molecular flexibility index (Phi) is 4.22. The topological polar surface area (TPSA) is 45.2 Å². The van der Waals surface area contributed by atoms with Gasteiger partial charge in [0, 0.05) is 13.1 Å². The van der Waals surface area contributed by atoms with Gasteiger partial charge in [-0.1, -0.05) is 37.3 Å². The number of aromatic nitrogens is 1. The molecule has 2 atom stereocenters. The summed E-state index contributed by atoms with van der Waals surface area (Å²) in [6.45, 7) is 7.00. The highest BCUT2D eigenvalue weighted by Crippen LogP contribution is 2.25. The highest BCUT2D eigenvalue weighted by molar-refractivity contribution is 7.22. The number of hydrogen-bond acceptors (Lipinski definition) is 4. The molecule has 1 aromatic heterocycles. The minimum absolute atomic E-state index is 0.0374. The zero-order valence-electron chi connectivity index (χ0n) is 12.5. The minimum atomic E-state index is 0.0374. The lowest BCUT2D eigenvalue weighted by Crippen LogP contribution is -2.42. The van der Waals surface area contributed by atoms with Crippen LogP contribution in [0.3, 0.4) is 0 Å². The third-order valence-electron chi connectivity index (χ3n) is 3.85. The molecule has 1 aliphatic rings. The van der Waals surface area contributed by atoms with Crippen LogP contribution in [0.25, 0.3) is 10.2 Å². The molecule has 0 saturated carbocycles. The molecule has 3 rings (SSSR count). The summed E-state index contributed by atoms with van der Waals surface area (Å²) >= 11 is 1.53. The van der Waals surface area contributed by atoms with Gasteiger partial charge in [0.05, 0.1) is 16.8 Å². The molecule has 4 nitrogen and oxygen atoms in total. The lowest BCUT2D eigenvalue weighted by atomic mass is 9.92. The summed E-state index contributed by atoms with van der Waals surface area (Å²) in [5, 5.41) is 3.63. The van der Waals surface area contributed by atoms with Crippen molar-refractivity contribution in [3.63, 3.8) is 0 Å². The number of rotatable bonds is 3. The number of thiazole rings is 1. The number of para-hydroxylation sites is 1. The van der Waals surface area contributed by atoms with Gasteiger partial charge in [-0.3, -0.25) is 9.69 Å². The number of likely N-dealkylation sites (tertiary alicyclic amines) is 1. The molecule has 0 radical (unpaired) electrons. The molecule has 0 spiro atoms. The predicted octanol–water partition coefficient (Wildman–Crippen LogP) is 3.21. The van der Waals surface area contributed by atoms with Crippen molar-refractivity contribution in [3.8, 4) is 0 Å². The monoisotopic (exact) mass is 303 g/mol. The maximum atomic E-state index is 12.2. The average molecular weight is 303 g/mol. The molecule has 112 valence electrons. The summed E-state index contributed by atoms with van der Waals surface area (Å²) in [4.78, 5) is 18.9. The molecule has 1 aromatic carbocycles. The largest absolute Gasteiger partial charge is 0.301 e. The summed E-state index contributed by atoms with van der Waals surface area (Å²) in [7, 11) is 0. The number of piperidine rings is 1. The van der Waals surface area contributed by atoms with Crippen LogP contribution >= 0.6 is 11.3 Å². The first-order valence-electron chi connectivity index (χ1n) is 7.48. The first-order valence-corrected chi connectivity index (χ1v) is 8.29.